The van der Waals surface area contributed by atoms with Crippen LogP contribution in [0.15, 0.2) is 194 Å². The summed E-state index contributed by atoms with van der Waals surface area (Å²) in [6.07, 6.45) is 0. The minimum Gasteiger partial charge on any atom is -0.309 e. The second kappa shape index (κ2) is 10.9. The van der Waals surface area contributed by atoms with Gasteiger partial charge in [-0.3, -0.25) is 0 Å². The maximum Gasteiger partial charge on any atom is 0.172 e. The molecule has 8 aromatic carbocycles. The van der Waals surface area contributed by atoms with Crippen LogP contribution in [-0.2, 0) is 9.98 Å². The van der Waals surface area contributed by atoms with E-state index in [4.69, 9.17) is 0 Å². The van der Waals surface area contributed by atoms with Crippen molar-refractivity contribution in [1.82, 2.24) is 4.57 Å². The van der Waals surface area contributed by atoms with Crippen LogP contribution in [0.5, 0.6) is 0 Å². The first-order valence-corrected chi connectivity index (χ1v) is 19.6. The molecular weight excluding hydrogens is 650 g/mol. The molecule has 1 atom stereocenters. The lowest BCUT2D eigenvalue weighted by Gasteiger charge is -2.34. The number of para-hydroxylation sites is 2. The summed E-state index contributed by atoms with van der Waals surface area (Å²) in [5, 5.41) is 5.16. The molecule has 9 aromatic rings. The fraction of sp³-hybridized carbons (Fsp3) is 0.0204. The van der Waals surface area contributed by atoms with Gasteiger partial charge in [0, 0.05) is 32.4 Å². The maximum atomic E-state index is 15.4. The molecule has 0 N–H and O–H groups in total. The zero-order valence-corrected chi connectivity index (χ0v) is 29.2. The summed E-state index contributed by atoms with van der Waals surface area (Å²) >= 11 is 0. The van der Waals surface area contributed by atoms with E-state index >= 15 is 4.57 Å². The molecule has 0 radical (unpaired) electrons. The molecule has 0 fully saturated rings. The molecule has 2 nitrogen and oxygen atoms in total. The van der Waals surface area contributed by atoms with Gasteiger partial charge < -0.3 is 9.13 Å². The molecule has 1 aliphatic heterocycles. The number of hydrogen-bond acceptors (Lipinski definition) is 1. The summed E-state index contributed by atoms with van der Waals surface area (Å²) in [6, 6.07) is 69.4. The van der Waals surface area contributed by atoms with Gasteiger partial charge in [-0.1, -0.05) is 152 Å². The fourth-order valence-electron chi connectivity index (χ4n) is 9.37. The molecule has 52 heavy (non-hydrogen) atoms. The Hall–Kier alpha value is -6.21. The molecule has 0 amide bonds. The van der Waals surface area contributed by atoms with E-state index < -0.39 is 12.6 Å². The van der Waals surface area contributed by atoms with Crippen LogP contribution in [0.1, 0.15) is 22.3 Å². The van der Waals surface area contributed by atoms with Crippen molar-refractivity contribution in [2.75, 3.05) is 0 Å². The van der Waals surface area contributed by atoms with E-state index in [1.807, 2.05) is 36.4 Å². The Labute approximate surface area is 302 Å². The Morgan fingerprint density at radius 1 is 0.404 bits per heavy atom. The van der Waals surface area contributed by atoms with E-state index in [0.717, 1.165) is 32.7 Å². The van der Waals surface area contributed by atoms with Crippen LogP contribution in [-0.4, -0.2) is 4.57 Å². The lowest BCUT2D eigenvalue weighted by Crippen LogP contribution is -2.29. The largest absolute Gasteiger partial charge is 0.309 e. The molecule has 0 saturated carbocycles. The summed E-state index contributed by atoms with van der Waals surface area (Å²) < 4.78 is 17.8. The predicted octanol–water partition coefficient (Wildman–Crippen LogP) is 10.8. The molecule has 3 heteroatoms. The van der Waals surface area contributed by atoms with E-state index in [0.29, 0.717) is 0 Å². The molecule has 0 bridgehead atoms. The van der Waals surface area contributed by atoms with Gasteiger partial charge in [-0.15, -0.1) is 0 Å². The van der Waals surface area contributed by atoms with Gasteiger partial charge in [-0.25, -0.2) is 0 Å². The third-order valence-electron chi connectivity index (χ3n) is 11.5. The van der Waals surface area contributed by atoms with E-state index in [-0.39, 0.29) is 0 Å². The molecule has 244 valence electrons. The maximum absolute atomic E-state index is 15.4. The van der Waals surface area contributed by atoms with Gasteiger partial charge in [0.15, 0.2) is 7.14 Å². The first-order chi connectivity index (χ1) is 25.7. The molecule has 0 spiro atoms. The van der Waals surface area contributed by atoms with Gasteiger partial charge in [-0.05, 0) is 87.0 Å². The highest BCUT2D eigenvalue weighted by molar-refractivity contribution is 7.86. The first-order valence-electron chi connectivity index (χ1n) is 17.9. The number of hydrogen-bond donors (Lipinski definition) is 0. The van der Waals surface area contributed by atoms with Gasteiger partial charge in [0.2, 0.25) is 0 Å². The average molecular weight is 682 g/mol. The quantitative estimate of drug-likeness (QED) is 0.170. The average Bonchev–Trinajstić information content (AvgIpc) is 3.81. The van der Waals surface area contributed by atoms with Crippen LogP contribution < -0.4 is 15.9 Å². The van der Waals surface area contributed by atoms with Crippen molar-refractivity contribution in [2.45, 2.75) is 5.41 Å². The lowest BCUT2D eigenvalue weighted by atomic mass is 9.67. The third-order valence-corrected chi connectivity index (χ3v) is 14.7. The number of nitrogens with zero attached hydrogens (tertiary/aromatic N) is 1. The monoisotopic (exact) mass is 681 g/mol. The zero-order valence-electron chi connectivity index (χ0n) is 28.3. The van der Waals surface area contributed by atoms with Crippen molar-refractivity contribution in [1.29, 1.82) is 0 Å². The first kappa shape index (κ1) is 29.5. The van der Waals surface area contributed by atoms with Crippen molar-refractivity contribution in [3.8, 4) is 27.9 Å². The van der Waals surface area contributed by atoms with Gasteiger partial charge in [0.25, 0.3) is 0 Å². The molecule has 0 saturated heterocycles. The van der Waals surface area contributed by atoms with E-state index in [2.05, 4.69) is 162 Å². The molecule has 2 heterocycles. The standard InChI is InChI=1S/C49H32NOP/c51-52(36-17-5-2-6-18-36)47-26-14-10-22-40(47)42-32-34(28-30-48(42)52)49(43-23-11-7-19-37(43)38-20-8-12-24-44(38)49)33-27-29-46-41(31-33)39-21-9-13-25-45(39)50(46)35-15-3-1-4-16-35/h1-32H. The van der Waals surface area contributed by atoms with Crippen LogP contribution in [0.3, 0.4) is 0 Å². The Morgan fingerprint density at radius 3 is 1.69 bits per heavy atom. The molecular formula is C49H32NOP. The fourth-order valence-corrected chi connectivity index (χ4v) is 12.4. The van der Waals surface area contributed by atoms with E-state index in [1.165, 1.54) is 55.2 Å². The highest BCUT2D eigenvalue weighted by Gasteiger charge is 2.48. The molecule has 2 aliphatic rings. The normalized spacial score (nSPS) is 16.4. The van der Waals surface area contributed by atoms with Crippen LogP contribution >= 0.6 is 7.14 Å². The predicted molar refractivity (Wildman–Crippen MR) is 216 cm³/mol. The Kier molecular flexibility index (Phi) is 6.18. The molecule has 11 rings (SSSR count). The summed E-state index contributed by atoms with van der Waals surface area (Å²) in [7, 11) is -3.07. The van der Waals surface area contributed by atoms with Crippen molar-refractivity contribution < 1.29 is 4.57 Å². The van der Waals surface area contributed by atoms with Crippen molar-refractivity contribution in [3.63, 3.8) is 0 Å². The summed E-state index contributed by atoms with van der Waals surface area (Å²) in [4.78, 5) is 0. The van der Waals surface area contributed by atoms with E-state index in [1.54, 1.807) is 0 Å². The van der Waals surface area contributed by atoms with Crippen molar-refractivity contribution in [3.05, 3.63) is 216 Å². The third kappa shape index (κ3) is 3.77. The van der Waals surface area contributed by atoms with Crippen molar-refractivity contribution >= 4 is 44.9 Å². The summed E-state index contributed by atoms with van der Waals surface area (Å²) in [6.45, 7) is 0. The van der Waals surface area contributed by atoms with Crippen LogP contribution in [0.4, 0.5) is 0 Å². The highest BCUT2D eigenvalue weighted by Crippen LogP contribution is 2.58. The summed E-state index contributed by atoms with van der Waals surface area (Å²) in [5.74, 6) is 0. The van der Waals surface area contributed by atoms with Crippen molar-refractivity contribution in [2.24, 2.45) is 0 Å². The topological polar surface area (TPSA) is 22.0 Å². The minimum atomic E-state index is -3.07. The van der Waals surface area contributed by atoms with Crippen LogP contribution in [0.2, 0.25) is 0 Å². The van der Waals surface area contributed by atoms with E-state index in [9.17, 15) is 0 Å². The smallest absolute Gasteiger partial charge is 0.172 e. The zero-order chi connectivity index (χ0) is 34.4. The Balaban J connectivity index is 1.24. The Morgan fingerprint density at radius 2 is 0.942 bits per heavy atom. The molecule has 1 aromatic heterocycles. The van der Waals surface area contributed by atoms with Gasteiger partial charge in [0.1, 0.15) is 0 Å². The van der Waals surface area contributed by atoms with Crippen LogP contribution in [0, 0.1) is 0 Å². The number of fused-ring (bicyclic) bond motifs is 9. The van der Waals surface area contributed by atoms with Gasteiger partial charge in [-0.2, -0.15) is 0 Å². The summed E-state index contributed by atoms with van der Waals surface area (Å²) in [5.41, 5.74) is 12.4. The van der Waals surface area contributed by atoms with Crippen LogP contribution in [0.25, 0.3) is 49.7 Å². The molecule has 1 unspecified atom stereocenters. The number of rotatable bonds is 4. The molecule has 1 aliphatic carbocycles. The van der Waals surface area contributed by atoms with Gasteiger partial charge >= 0.3 is 0 Å². The number of benzene rings is 8. The Bertz CT molecular complexity index is 2890. The lowest BCUT2D eigenvalue weighted by molar-refractivity contribution is 0.593. The second-order valence-electron chi connectivity index (χ2n) is 14.0. The highest BCUT2D eigenvalue weighted by atomic mass is 31.2. The SMILES string of the molecule is O=P1(c2ccccc2)c2ccccc2-c2cc(C3(c4ccc5c(c4)c4ccccc4n5-c4ccccc4)c4ccccc4-c4ccccc43)ccc21. The number of aromatic nitrogens is 1. The minimum absolute atomic E-state index is 0.610. The van der Waals surface area contributed by atoms with Gasteiger partial charge in [0.05, 0.1) is 16.4 Å². The second-order valence-corrected chi connectivity index (χ2v) is 16.7.